The third kappa shape index (κ3) is 5.68. The summed E-state index contributed by atoms with van der Waals surface area (Å²) in [4.78, 5) is 28.8. The van der Waals surface area contributed by atoms with Crippen molar-refractivity contribution in [2.45, 2.75) is 52.1 Å². The minimum atomic E-state index is -1.26. The lowest BCUT2D eigenvalue weighted by Gasteiger charge is -2.44. The summed E-state index contributed by atoms with van der Waals surface area (Å²) in [7, 11) is 2.29. The van der Waals surface area contributed by atoms with Gasteiger partial charge in [-0.2, -0.15) is 0 Å². The molecule has 2 bridgehead atoms. The van der Waals surface area contributed by atoms with Gasteiger partial charge in [0.05, 0.1) is 0 Å². The molecule has 0 radical (unpaired) electrons. The van der Waals surface area contributed by atoms with Crippen molar-refractivity contribution in [1.29, 1.82) is 0 Å². The molecule has 6 nitrogen and oxygen atoms in total. The van der Waals surface area contributed by atoms with Gasteiger partial charge in [-0.3, -0.25) is 4.90 Å². The Morgan fingerprint density at radius 3 is 2.26 bits per heavy atom. The number of likely N-dealkylation sites (tertiary alicyclic amines) is 1. The fourth-order valence-electron chi connectivity index (χ4n) is 5.28. The standard InChI is InChI=1S/C22H26N2S2.C4H4O4/c1-23-13-16-7-8-17(14-23)24(16)20-11-15-5-3-4-6-21(15)26-22-10-9-18(25-2)12-19(20)22;5-3(6)1-2-4(7)8/h3-6,9-10,12,16-17,20H,7-8,11,13-14H2,1-2H3;1-2H,(H,5,6)(H,7,8)/b;2-1+. The summed E-state index contributed by atoms with van der Waals surface area (Å²) in [5, 5.41) is 15.6. The van der Waals surface area contributed by atoms with Gasteiger partial charge in [-0.1, -0.05) is 30.0 Å². The van der Waals surface area contributed by atoms with Gasteiger partial charge < -0.3 is 15.1 Å². The van der Waals surface area contributed by atoms with Crippen LogP contribution in [0.25, 0.3) is 0 Å². The molecule has 180 valence electrons. The van der Waals surface area contributed by atoms with E-state index < -0.39 is 11.9 Å². The molecular formula is C26H30N2O4S2. The average molecular weight is 499 g/mol. The quantitative estimate of drug-likeness (QED) is 0.466. The van der Waals surface area contributed by atoms with Crippen molar-refractivity contribution in [3.63, 3.8) is 0 Å². The van der Waals surface area contributed by atoms with Crippen molar-refractivity contribution < 1.29 is 19.8 Å². The fourth-order valence-corrected chi connectivity index (χ4v) is 6.84. The molecular weight excluding hydrogens is 468 g/mol. The highest BCUT2D eigenvalue weighted by atomic mass is 32.2. The third-order valence-electron chi connectivity index (χ3n) is 6.63. The van der Waals surface area contributed by atoms with Crippen molar-refractivity contribution in [2.75, 3.05) is 26.4 Å². The van der Waals surface area contributed by atoms with Crippen LogP contribution in [-0.4, -0.2) is 70.4 Å². The second-order valence-corrected chi connectivity index (χ2v) is 10.9. The molecule has 2 fully saturated rings. The van der Waals surface area contributed by atoms with Crippen molar-refractivity contribution in [3.8, 4) is 0 Å². The van der Waals surface area contributed by atoms with Gasteiger partial charge in [-0.25, -0.2) is 9.59 Å². The van der Waals surface area contributed by atoms with E-state index in [0.717, 1.165) is 6.42 Å². The van der Waals surface area contributed by atoms with Crippen LogP contribution in [0.4, 0.5) is 0 Å². The number of benzene rings is 2. The Morgan fingerprint density at radius 2 is 1.65 bits per heavy atom. The number of nitrogens with zero attached hydrogens (tertiary/aromatic N) is 2. The van der Waals surface area contributed by atoms with E-state index in [1.807, 2.05) is 23.5 Å². The van der Waals surface area contributed by atoms with Crippen LogP contribution in [0.1, 0.15) is 30.0 Å². The van der Waals surface area contributed by atoms with E-state index in [2.05, 4.69) is 65.6 Å². The highest BCUT2D eigenvalue weighted by molar-refractivity contribution is 7.99. The van der Waals surface area contributed by atoms with Crippen LogP contribution in [0, 0.1) is 0 Å². The zero-order valence-electron chi connectivity index (χ0n) is 19.4. The molecule has 0 aromatic heterocycles. The SMILES string of the molecule is CSc1ccc2c(c1)C(N1C3CCC1CN(C)C3)Cc1ccccc1S2.O=C(O)/C=C/C(=O)O. The van der Waals surface area contributed by atoms with Crippen LogP contribution in [0.2, 0.25) is 0 Å². The highest BCUT2D eigenvalue weighted by Gasteiger charge is 2.43. The number of rotatable bonds is 4. The number of aliphatic carboxylic acids is 2. The molecule has 2 aromatic rings. The zero-order valence-corrected chi connectivity index (χ0v) is 21.0. The lowest BCUT2D eigenvalue weighted by atomic mass is 9.95. The van der Waals surface area contributed by atoms with Gasteiger partial charge in [0.1, 0.15) is 0 Å². The molecule has 8 heteroatoms. The zero-order chi connectivity index (χ0) is 24.2. The first-order valence-corrected chi connectivity index (χ1v) is 13.4. The van der Waals surface area contributed by atoms with Gasteiger partial charge in [-0.05, 0) is 68.0 Å². The Hall–Kier alpha value is -2.26. The second kappa shape index (κ2) is 11.0. The van der Waals surface area contributed by atoms with Crippen LogP contribution in [-0.2, 0) is 16.0 Å². The summed E-state index contributed by atoms with van der Waals surface area (Å²) in [5.41, 5.74) is 3.07. The summed E-state index contributed by atoms with van der Waals surface area (Å²) >= 11 is 3.83. The Bertz CT molecular complexity index is 1060. The van der Waals surface area contributed by atoms with Crippen LogP contribution in [0.5, 0.6) is 0 Å². The summed E-state index contributed by atoms with van der Waals surface area (Å²) in [5.74, 6) is -2.51. The molecule has 3 unspecified atom stereocenters. The Kier molecular flexibility index (Phi) is 8.03. The fraction of sp³-hybridized carbons (Fsp3) is 0.385. The first kappa shape index (κ1) is 24.9. The van der Waals surface area contributed by atoms with Crippen molar-refractivity contribution >= 4 is 35.5 Å². The molecule has 3 heterocycles. The van der Waals surface area contributed by atoms with Gasteiger partial charge in [-0.15, -0.1) is 11.8 Å². The number of thioether (sulfide) groups is 1. The number of hydrogen-bond donors (Lipinski definition) is 2. The average Bonchev–Trinajstić information content (AvgIpc) is 2.98. The first-order valence-electron chi connectivity index (χ1n) is 11.4. The molecule has 5 rings (SSSR count). The van der Waals surface area contributed by atoms with Crippen molar-refractivity contribution in [2.24, 2.45) is 0 Å². The lowest BCUT2D eigenvalue weighted by molar-refractivity contribution is -0.134. The molecule has 0 amide bonds. The van der Waals surface area contributed by atoms with E-state index in [-0.39, 0.29) is 0 Å². The minimum absolute atomic E-state index is 0.513. The molecule has 0 aliphatic carbocycles. The maximum absolute atomic E-state index is 9.55. The van der Waals surface area contributed by atoms with E-state index >= 15 is 0 Å². The monoisotopic (exact) mass is 498 g/mol. The number of hydrogen-bond acceptors (Lipinski definition) is 6. The normalized spacial score (nSPS) is 24.0. The maximum atomic E-state index is 9.55. The minimum Gasteiger partial charge on any atom is -0.478 e. The van der Waals surface area contributed by atoms with Crippen LogP contribution in [0.15, 0.2) is 69.3 Å². The molecule has 2 N–H and O–H groups in total. The van der Waals surface area contributed by atoms with Gasteiger partial charge in [0.15, 0.2) is 0 Å². The number of carbonyl (C=O) groups is 2. The van der Waals surface area contributed by atoms with Crippen LogP contribution < -0.4 is 0 Å². The topological polar surface area (TPSA) is 81.1 Å². The van der Waals surface area contributed by atoms with Gasteiger partial charge in [0, 0.05) is 58.1 Å². The molecule has 0 saturated carbocycles. The Morgan fingerprint density at radius 1 is 1.00 bits per heavy atom. The summed E-state index contributed by atoms with van der Waals surface area (Å²) in [6.07, 6.45) is 7.17. The van der Waals surface area contributed by atoms with E-state index in [9.17, 15) is 9.59 Å². The summed E-state index contributed by atoms with van der Waals surface area (Å²) in [6, 6.07) is 18.1. The number of carboxylic acids is 2. The smallest absolute Gasteiger partial charge is 0.328 e. The summed E-state index contributed by atoms with van der Waals surface area (Å²) < 4.78 is 0. The van der Waals surface area contributed by atoms with E-state index in [0.29, 0.717) is 30.3 Å². The van der Waals surface area contributed by atoms with Gasteiger partial charge >= 0.3 is 11.9 Å². The second-order valence-electron chi connectivity index (χ2n) is 8.90. The molecule has 2 aromatic carbocycles. The van der Waals surface area contributed by atoms with E-state index in [4.69, 9.17) is 10.2 Å². The molecule has 2 saturated heterocycles. The highest BCUT2D eigenvalue weighted by Crippen LogP contribution is 2.47. The Balaban J connectivity index is 0.000000297. The maximum Gasteiger partial charge on any atom is 0.328 e. The van der Waals surface area contributed by atoms with Gasteiger partial charge in [0.25, 0.3) is 0 Å². The first-order chi connectivity index (χ1) is 16.4. The number of likely N-dealkylation sites (N-methyl/N-ethyl adjacent to an activating group) is 1. The van der Waals surface area contributed by atoms with Crippen LogP contribution in [0.3, 0.4) is 0 Å². The molecule has 3 atom stereocenters. The van der Waals surface area contributed by atoms with Crippen molar-refractivity contribution in [1.82, 2.24) is 9.80 Å². The predicted molar refractivity (Wildman–Crippen MR) is 136 cm³/mol. The number of fused-ring (bicyclic) bond motifs is 4. The van der Waals surface area contributed by atoms with Gasteiger partial charge in [0.2, 0.25) is 0 Å². The van der Waals surface area contributed by atoms with Crippen LogP contribution >= 0.6 is 23.5 Å². The Labute approximate surface area is 209 Å². The number of piperazine rings is 1. The largest absolute Gasteiger partial charge is 0.478 e. The third-order valence-corrected chi connectivity index (χ3v) is 8.57. The molecule has 3 aliphatic rings. The molecule has 0 spiro atoms. The van der Waals surface area contributed by atoms with E-state index in [1.54, 1.807) is 5.56 Å². The molecule has 34 heavy (non-hydrogen) atoms. The number of carboxylic acid groups (broad SMARTS) is 2. The lowest BCUT2D eigenvalue weighted by Crippen LogP contribution is -2.53. The van der Waals surface area contributed by atoms with E-state index in [1.165, 1.54) is 46.2 Å². The molecule has 3 aliphatic heterocycles. The predicted octanol–water partition coefficient (Wildman–Crippen LogP) is 4.65. The van der Waals surface area contributed by atoms with Crippen molar-refractivity contribution in [3.05, 3.63) is 65.7 Å². The summed E-state index contributed by atoms with van der Waals surface area (Å²) in [6.45, 7) is 2.44.